The Bertz CT molecular complexity index is 790. The number of carbonyl (C=O) groups excluding carboxylic acids is 2. The van der Waals surface area contributed by atoms with Crippen LogP contribution in [0.3, 0.4) is 0 Å². The molecule has 0 aliphatic rings. The van der Waals surface area contributed by atoms with Gasteiger partial charge in [-0.05, 0) is 70.6 Å². The summed E-state index contributed by atoms with van der Waals surface area (Å²) in [6.45, 7) is 7.13. The topological polar surface area (TPSA) is 55.4 Å². The predicted octanol–water partition coefficient (Wildman–Crippen LogP) is 15.6. The molecule has 52 heavy (non-hydrogen) atoms. The predicted molar refractivity (Wildman–Crippen MR) is 229 cm³/mol. The fourth-order valence-electron chi connectivity index (χ4n) is 6.98. The number of nitrogens with one attached hydrogen (secondary N) is 1. The van der Waals surface area contributed by atoms with E-state index in [1.807, 2.05) is 0 Å². The first-order valence-electron chi connectivity index (χ1n) is 23.4. The fraction of sp³-hybridized carbons (Fsp3) is 0.875. The zero-order chi connectivity index (χ0) is 37.8. The number of amides is 1. The van der Waals surface area contributed by atoms with Crippen molar-refractivity contribution >= 4 is 11.9 Å². The number of rotatable bonds is 42. The number of hydrogen-bond donors (Lipinski definition) is 1. The van der Waals surface area contributed by atoms with E-state index in [-0.39, 0.29) is 17.9 Å². The maximum Gasteiger partial charge on any atom is 0.305 e. The van der Waals surface area contributed by atoms with Crippen molar-refractivity contribution in [3.05, 3.63) is 24.3 Å². The van der Waals surface area contributed by atoms with Gasteiger partial charge in [-0.3, -0.25) is 9.59 Å². The molecule has 0 aromatic heterocycles. The summed E-state index contributed by atoms with van der Waals surface area (Å²) in [4.78, 5) is 25.4. The second-order valence-electron chi connectivity index (χ2n) is 15.9. The second kappa shape index (κ2) is 43.8. The van der Waals surface area contributed by atoms with Crippen LogP contribution < -0.4 is 5.32 Å². The van der Waals surface area contributed by atoms with Gasteiger partial charge in [0.15, 0.2) is 0 Å². The minimum Gasteiger partial charge on any atom is -0.463 e. The lowest BCUT2D eigenvalue weighted by Crippen LogP contribution is -2.38. The molecule has 1 N–H and O–H groups in total. The molecule has 0 aliphatic carbocycles. The van der Waals surface area contributed by atoms with Crippen LogP contribution in [-0.4, -0.2) is 24.5 Å². The summed E-state index contributed by atoms with van der Waals surface area (Å²) < 4.78 is 5.71. The lowest BCUT2D eigenvalue weighted by atomic mass is 10.0. The number of allylic oxidation sites excluding steroid dienone is 4. The van der Waals surface area contributed by atoms with Crippen LogP contribution >= 0.6 is 0 Å². The van der Waals surface area contributed by atoms with Gasteiger partial charge in [0.1, 0.15) is 6.61 Å². The van der Waals surface area contributed by atoms with E-state index in [4.69, 9.17) is 4.74 Å². The van der Waals surface area contributed by atoms with E-state index in [0.717, 1.165) is 38.5 Å². The molecular formula is C48H91NO3. The summed E-state index contributed by atoms with van der Waals surface area (Å²) >= 11 is 0. The largest absolute Gasteiger partial charge is 0.463 e. The average molecular weight is 730 g/mol. The van der Waals surface area contributed by atoms with Crippen LogP contribution in [-0.2, 0) is 14.3 Å². The van der Waals surface area contributed by atoms with Crippen molar-refractivity contribution < 1.29 is 14.3 Å². The molecule has 0 heterocycles. The van der Waals surface area contributed by atoms with Crippen molar-refractivity contribution in [1.82, 2.24) is 5.32 Å². The lowest BCUT2D eigenvalue weighted by Gasteiger charge is -2.19. The van der Waals surface area contributed by atoms with Crippen LogP contribution in [0.15, 0.2) is 24.3 Å². The Kier molecular flexibility index (Phi) is 42.5. The third-order valence-electron chi connectivity index (χ3n) is 10.5. The highest BCUT2D eigenvalue weighted by Crippen LogP contribution is 2.14. The monoisotopic (exact) mass is 730 g/mol. The van der Waals surface area contributed by atoms with E-state index in [9.17, 15) is 9.59 Å². The number of carbonyl (C=O) groups is 2. The van der Waals surface area contributed by atoms with Crippen LogP contribution in [0.1, 0.15) is 258 Å². The molecular weight excluding hydrogens is 639 g/mol. The minimum atomic E-state index is -0.106. The van der Waals surface area contributed by atoms with Gasteiger partial charge >= 0.3 is 5.97 Å². The Morgan fingerprint density at radius 3 is 1.15 bits per heavy atom. The molecule has 0 fully saturated rings. The highest BCUT2D eigenvalue weighted by molar-refractivity contribution is 5.76. The number of hydrogen-bond acceptors (Lipinski definition) is 3. The molecule has 0 aliphatic heterocycles. The Morgan fingerprint density at radius 1 is 0.423 bits per heavy atom. The first kappa shape index (κ1) is 50.4. The van der Waals surface area contributed by atoms with Crippen LogP contribution in [0.5, 0.6) is 0 Å². The van der Waals surface area contributed by atoms with Gasteiger partial charge in [0.05, 0.1) is 6.04 Å². The van der Waals surface area contributed by atoms with E-state index in [1.165, 1.54) is 186 Å². The summed E-state index contributed by atoms with van der Waals surface area (Å²) in [5.74, 6) is 0.0144. The maximum absolute atomic E-state index is 12.8. The maximum atomic E-state index is 12.8. The molecule has 0 aromatic carbocycles. The molecule has 0 aromatic rings. The Balaban J connectivity index is 4.12. The van der Waals surface area contributed by atoms with Crippen LogP contribution in [0.2, 0.25) is 0 Å². The highest BCUT2D eigenvalue weighted by Gasteiger charge is 2.15. The summed E-state index contributed by atoms with van der Waals surface area (Å²) in [7, 11) is 0. The molecule has 1 unspecified atom stereocenters. The van der Waals surface area contributed by atoms with Crippen molar-refractivity contribution in [2.24, 2.45) is 0 Å². The van der Waals surface area contributed by atoms with Crippen LogP contribution in [0, 0.1) is 0 Å². The SMILES string of the molecule is CCCCCCCCC=CCCCCCCCC(=O)NC(CCCCCCCCCC)COC(=O)CCCCCCCC=CCCCCCCCC. The van der Waals surface area contributed by atoms with E-state index in [1.54, 1.807) is 0 Å². The van der Waals surface area contributed by atoms with Gasteiger partial charge in [0.2, 0.25) is 5.91 Å². The van der Waals surface area contributed by atoms with E-state index >= 15 is 0 Å². The molecule has 306 valence electrons. The minimum absolute atomic E-state index is 0.0613. The zero-order valence-electron chi connectivity index (χ0n) is 35.5. The van der Waals surface area contributed by atoms with Crippen molar-refractivity contribution in [2.75, 3.05) is 6.61 Å². The molecule has 0 bridgehead atoms. The van der Waals surface area contributed by atoms with Crippen LogP contribution in [0.4, 0.5) is 0 Å². The van der Waals surface area contributed by atoms with Crippen molar-refractivity contribution in [3.63, 3.8) is 0 Å². The van der Waals surface area contributed by atoms with Crippen molar-refractivity contribution in [3.8, 4) is 0 Å². The smallest absolute Gasteiger partial charge is 0.305 e. The van der Waals surface area contributed by atoms with Gasteiger partial charge < -0.3 is 10.1 Å². The Labute approximate surface area is 325 Å². The van der Waals surface area contributed by atoms with E-state index in [0.29, 0.717) is 19.4 Å². The van der Waals surface area contributed by atoms with Gasteiger partial charge in [-0.15, -0.1) is 0 Å². The van der Waals surface area contributed by atoms with Gasteiger partial charge in [0, 0.05) is 12.8 Å². The molecule has 1 atom stereocenters. The number of ether oxygens (including phenoxy) is 1. The average Bonchev–Trinajstić information content (AvgIpc) is 3.14. The summed E-state index contributed by atoms with van der Waals surface area (Å²) in [6.07, 6.45) is 54.3. The third-order valence-corrected chi connectivity index (χ3v) is 10.5. The molecule has 0 saturated heterocycles. The summed E-state index contributed by atoms with van der Waals surface area (Å²) in [5.41, 5.74) is 0. The Morgan fingerprint density at radius 2 is 0.750 bits per heavy atom. The summed E-state index contributed by atoms with van der Waals surface area (Å²) in [5, 5.41) is 3.23. The fourth-order valence-corrected chi connectivity index (χ4v) is 6.98. The second-order valence-corrected chi connectivity index (χ2v) is 15.9. The van der Waals surface area contributed by atoms with Gasteiger partial charge in [-0.2, -0.15) is 0 Å². The van der Waals surface area contributed by atoms with Crippen molar-refractivity contribution in [1.29, 1.82) is 0 Å². The van der Waals surface area contributed by atoms with Gasteiger partial charge in [-0.1, -0.05) is 199 Å². The normalized spacial score (nSPS) is 12.3. The van der Waals surface area contributed by atoms with Crippen LogP contribution in [0.25, 0.3) is 0 Å². The third kappa shape index (κ3) is 41.2. The standard InChI is InChI=1S/C48H91NO3/c1-4-7-10-13-16-19-21-23-25-27-29-31-34-37-40-43-47(50)49-46(42-39-36-33-18-15-12-9-6-3)45-52-48(51)44-41-38-35-32-30-28-26-24-22-20-17-14-11-8-5-2/h23-26,46H,4-22,27-45H2,1-3H3,(H,49,50). The van der Waals surface area contributed by atoms with Gasteiger partial charge in [0.25, 0.3) is 0 Å². The first-order valence-corrected chi connectivity index (χ1v) is 23.4. The zero-order valence-corrected chi connectivity index (χ0v) is 35.5. The quantitative estimate of drug-likeness (QED) is 0.0387. The van der Waals surface area contributed by atoms with E-state index < -0.39 is 0 Å². The number of esters is 1. The molecule has 1 amide bonds. The highest BCUT2D eigenvalue weighted by atomic mass is 16.5. The van der Waals surface area contributed by atoms with E-state index in [2.05, 4.69) is 50.4 Å². The number of unbranched alkanes of at least 4 members (excludes halogenated alkanes) is 29. The molecule has 0 spiro atoms. The molecule has 4 nitrogen and oxygen atoms in total. The van der Waals surface area contributed by atoms with Crippen molar-refractivity contribution in [2.45, 2.75) is 264 Å². The molecule has 0 saturated carbocycles. The molecule has 0 radical (unpaired) electrons. The molecule has 0 rings (SSSR count). The first-order chi connectivity index (χ1) is 25.6. The van der Waals surface area contributed by atoms with Gasteiger partial charge in [-0.25, -0.2) is 0 Å². The molecule has 4 heteroatoms. The Hall–Kier alpha value is -1.58. The lowest BCUT2D eigenvalue weighted by molar-refractivity contribution is -0.145. The summed E-state index contributed by atoms with van der Waals surface area (Å²) in [6, 6.07) is -0.0613.